The Morgan fingerprint density at radius 1 is 0.412 bits per heavy atom. The number of hydrogen-bond acceptors (Lipinski definition) is 2. The Labute approximate surface area is 402 Å². The Morgan fingerprint density at radius 3 is 1.74 bits per heavy atom. The predicted octanol–water partition coefficient (Wildman–Crippen LogP) is 17.8. The minimum atomic E-state index is -0.536. The van der Waals surface area contributed by atoms with E-state index in [0.29, 0.717) is 0 Å². The second kappa shape index (κ2) is 16.7. The van der Waals surface area contributed by atoms with Crippen LogP contribution < -0.4 is 4.90 Å². The molecule has 0 saturated heterocycles. The van der Waals surface area contributed by atoms with Crippen molar-refractivity contribution in [3.8, 4) is 44.5 Å². The van der Waals surface area contributed by atoms with Gasteiger partial charge in [0.2, 0.25) is 0 Å². The van der Waals surface area contributed by atoms with Gasteiger partial charge in [0.25, 0.3) is 0 Å². The summed E-state index contributed by atoms with van der Waals surface area (Å²) < 4.78 is 1.33. The molecule has 2 unspecified atom stereocenters. The van der Waals surface area contributed by atoms with E-state index in [-0.39, 0.29) is 5.92 Å². The highest BCUT2D eigenvalue weighted by Gasteiger charge is 2.55. The number of fused-ring (bicyclic) bond motifs is 12. The molecule has 2 heteroatoms. The standard InChI is InChI=1S/C66H47NS/c1-5-19-46(20-6-1)48-37-39-49(40-38-48)54(51-24-17-23-50(44-51)47-21-7-2-8-22-47)41-35-45-36-42-57-60(43-45)66(65-63(57)58-30-14-16-34-62(58)68-65)59-32-15-13-29-55(59)56-31-18-33-61(64(56)66)67(52-25-9-3-10-26-52)53-27-11-4-12-28-53/h1-34,36-40,42-44,54H,35,41H2. The van der Waals surface area contributed by atoms with E-state index in [0.717, 1.165) is 24.2 Å². The minimum Gasteiger partial charge on any atom is -0.310 e. The molecule has 2 aliphatic rings. The highest BCUT2D eigenvalue weighted by Crippen LogP contribution is 2.68. The van der Waals surface area contributed by atoms with Gasteiger partial charge in [-0.05, 0) is 116 Å². The summed E-state index contributed by atoms with van der Waals surface area (Å²) in [6.07, 6.45) is 1.89. The van der Waals surface area contributed by atoms with Gasteiger partial charge in [-0.3, -0.25) is 0 Å². The Bertz CT molecular complexity index is 3570. The van der Waals surface area contributed by atoms with Crippen molar-refractivity contribution in [1.29, 1.82) is 0 Å². The molecular formula is C66H47NS. The van der Waals surface area contributed by atoms with Gasteiger partial charge in [-0.25, -0.2) is 0 Å². The number of rotatable bonds is 10. The van der Waals surface area contributed by atoms with E-state index in [9.17, 15) is 0 Å². The number of nitrogens with zero attached hydrogens (tertiary/aromatic N) is 1. The highest BCUT2D eigenvalue weighted by molar-refractivity contribution is 7.20. The van der Waals surface area contributed by atoms with E-state index in [2.05, 4.69) is 260 Å². The molecule has 0 N–H and O–H groups in total. The average Bonchev–Trinajstić information content (AvgIpc) is 4.04. The van der Waals surface area contributed by atoms with Crippen molar-refractivity contribution in [1.82, 2.24) is 0 Å². The Balaban J connectivity index is 0.988. The van der Waals surface area contributed by atoms with Crippen LogP contribution in [0.2, 0.25) is 0 Å². The lowest BCUT2D eigenvalue weighted by Crippen LogP contribution is -2.27. The van der Waals surface area contributed by atoms with E-state index < -0.39 is 5.41 Å². The van der Waals surface area contributed by atoms with Crippen LogP contribution in [0.15, 0.2) is 255 Å². The normalized spacial score (nSPS) is 14.6. The van der Waals surface area contributed by atoms with Gasteiger partial charge < -0.3 is 4.90 Å². The maximum absolute atomic E-state index is 2.60. The molecule has 0 aliphatic heterocycles. The summed E-state index contributed by atoms with van der Waals surface area (Å²) in [5.74, 6) is 0.195. The molecule has 13 rings (SSSR count). The molecule has 2 atom stereocenters. The fourth-order valence-corrected chi connectivity index (χ4v) is 13.0. The topological polar surface area (TPSA) is 3.24 Å². The van der Waals surface area contributed by atoms with Crippen LogP contribution in [-0.4, -0.2) is 0 Å². The zero-order valence-corrected chi connectivity index (χ0v) is 38.4. The van der Waals surface area contributed by atoms with Crippen molar-refractivity contribution in [3.63, 3.8) is 0 Å². The molecule has 1 nitrogen and oxygen atoms in total. The molecule has 0 radical (unpaired) electrons. The van der Waals surface area contributed by atoms with Crippen LogP contribution in [-0.2, 0) is 11.8 Å². The fraction of sp³-hybridized carbons (Fsp3) is 0.0606. The summed E-state index contributed by atoms with van der Waals surface area (Å²) in [5.41, 5.74) is 21.4. The number of thiophene rings is 1. The maximum atomic E-state index is 2.60. The van der Waals surface area contributed by atoms with E-state index in [1.54, 1.807) is 0 Å². The third kappa shape index (κ3) is 6.51. The molecular weight excluding hydrogens is 839 g/mol. The third-order valence-corrected chi connectivity index (χ3v) is 15.8. The molecule has 11 aromatic rings. The molecule has 2 aliphatic carbocycles. The first kappa shape index (κ1) is 40.3. The monoisotopic (exact) mass is 885 g/mol. The molecule has 322 valence electrons. The van der Waals surface area contributed by atoms with Crippen molar-refractivity contribution in [3.05, 3.63) is 293 Å². The number of anilines is 3. The van der Waals surface area contributed by atoms with Crippen molar-refractivity contribution in [2.24, 2.45) is 0 Å². The summed E-state index contributed by atoms with van der Waals surface area (Å²) in [6, 6.07) is 94.7. The Kier molecular flexibility index (Phi) is 9.88. The first-order valence-corrected chi connectivity index (χ1v) is 24.7. The van der Waals surface area contributed by atoms with Gasteiger partial charge in [-0.2, -0.15) is 0 Å². The zero-order valence-electron chi connectivity index (χ0n) is 37.6. The predicted molar refractivity (Wildman–Crippen MR) is 287 cm³/mol. The van der Waals surface area contributed by atoms with Crippen molar-refractivity contribution < 1.29 is 0 Å². The molecule has 0 saturated carbocycles. The van der Waals surface area contributed by atoms with Crippen molar-refractivity contribution in [2.45, 2.75) is 24.2 Å². The molecule has 0 amide bonds. The minimum absolute atomic E-state index is 0.195. The number of benzene rings is 10. The third-order valence-electron chi connectivity index (χ3n) is 14.5. The molecule has 68 heavy (non-hydrogen) atoms. The molecule has 1 spiro atoms. The van der Waals surface area contributed by atoms with Crippen LogP contribution in [0.1, 0.15) is 50.6 Å². The van der Waals surface area contributed by atoms with Gasteiger partial charge in [-0.1, -0.05) is 218 Å². The Hall–Kier alpha value is -8.04. The van der Waals surface area contributed by atoms with Crippen LogP contribution in [0.25, 0.3) is 54.6 Å². The van der Waals surface area contributed by atoms with E-state index in [1.807, 2.05) is 11.3 Å². The van der Waals surface area contributed by atoms with Gasteiger partial charge in [0.05, 0.1) is 11.1 Å². The lowest BCUT2D eigenvalue weighted by molar-refractivity contribution is 0.713. The summed E-state index contributed by atoms with van der Waals surface area (Å²) in [6.45, 7) is 0. The average molecular weight is 886 g/mol. The quantitative estimate of drug-likeness (QED) is 0.132. The molecule has 10 aromatic carbocycles. The zero-order chi connectivity index (χ0) is 45.0. The number of hydrogen-bond donors (Lipinski definition) is 0. The highest BCUT2D eigenvalue weighted by atomic mass is 32.1. The first-order chi connectivity index (χ1) is 33.7. The molecule has 0 bridgehead atoms. The summed E-state index contributed by atoms with van der Waals surface area (Å²) >= 11 is 1.98. The largest absolute Gasteiger partial charge is 0.310 e. The van der Waals surface area contributed by atoms with Gasteiger partial charge in [0, 0.05) is 43.4 Å². The lowest BCUT2D eigenvalue weighted by Gasteiger charge is -2.35. The number of aryl methyl sites for hydroxylation is 1. The van der Waals surface area contributed by atoms with Crippen molar-refractivity contribution >= 4 is 38.5 Å². The smallest absolute Gasteiger partial charge is 0.0839 e. The van der Waals surface area contributed by atoms with E-state index in [1.165, 1.54) is 98.5 Å². The summed E-state index contributed by atoms with van der Waals surface area (Å²) in [7, 11) is 0. The second-order valence-electron chi connectivity index (χ2n) is 18.3. The van der Waals surface area contributed by atoms with Gasteiger partial charge in [0.15, 0.2) is 0 Å². The van der Waals surface area contributed by atoms with Crippen LogP contribution in [0.5, 0.6) is 0 Å². The Morgan fingerprint density at radius 2 is 1.00 bits per heavy atom. The number of para-hydroxylation sites is 2. The van der Waals surface area contributed by atoms with Gasteiger partial charge in [0.1, 0.15) is 0 Å². The van der Waals surface area contributed by atoms with Crippen LogP contribution in [0.4, 0.5) is 17.1 Å². The van der Waals surface area contributed by atoms with Gasteiger partial charge >= 0.3 is 0 Å². The summed E-state index contributed by atoms with van der Waals surface area (Å²) in [5, 5.41) is 1.34. The second-order valence-corrected chi connectivity index (χ2v) is 19.3. The maximum Gasteiger partial charge on any atom is 0.0839 e. The van der Waals surface area contributed by atoms with E-state index in [4.69, 9.17) is 0 Å². The van der Waals surface area contributed by atoms with Gasteiger partial charge in [-0.15, -0.1) is 11.3 Å². The first-order valence-electron chi connectivity index (χ1n) is 23.8. The SMILES string of the molecule is c1ccc(-c2ccc(C(CCc3ccc4c(c3)C3(c5ccccc5-c5cccc(N(c6ccccc6)c6ccccc6)c53)c3sc5ccccc5c3-4)c3cccc(-c4ccccc4)c3)cc2)cc1. The molecule has 1 aromatic heterocycles. The molecule has 0 fully saturated rings. The lowest BCUT2D eigenvalue weighted by atomic mass is 9.72. The molecule has 1 heterocycles. The van der Waals surface area contributed by atoms with Crippen LogP contribution in [0.3, 0.4) is 0 Å². The van der Waals surface area contributed by atoms with E-state index >= 15 is 0 Å². The van der Waals surface area contributed by atoms with Crippen LogP contribution in [0, 0.1) is 0 Å². The van der Waals surface area contributed by atoms with Crippen LogP contribution >= 0.6 is 11.3 Å². The fourth-order valence-electron chi connectivity index (χ4n) is 11.5. The van der Waals surface area contributed by atoms with Crippen molar-refractivity contribution in [2.75, 3.05) is 4.90 Å². The summed E-state index contributed by atoms with van der Waals surface area (Å²) in [4.78, 5) is 3.90.